The van der Waals surface area contributed by atoms with Crippen LogP contribution in [0.15, 0.2) is 6.58 Å². The zero-order valence-corrected chi connectivity index (χ0v) is 11.2. The highest BCUT2D eigenvalue weighted by atomic mass is 16.5. The third-order valence-electron chi connectivity index (χ3n) is 3.35. The lowest BCUT2D eigenvalue weighted by molar-refractivity contribution is 0.0517. The van der Waals surface area contributed by atoms with Crippen molar-refractivity contribution in [2.24, 2.45) is 7.05 Å². The fourth-order valence-corrected chi connectivity index (χ4v) is 2.55. The molecule has 0 aromatic carbocycles. The second-order valence-corrected chi connectivity index (χ2v) is 4.68. The van der Waals surface area contributed by atoms with Crippen LogP contribution in [0.3, 0.4) is 0 Å². The van der Waals surface area contributed by atoms with Gasteiger partial charge < -0.3 is 4.74 Å². The Kier molecular flexibility index (Phi) is 3.84. The molecule has 0 N–H and O–H groups in total. The van der Waals surface area contributed by atoms with E-state index in [1.54, 1.807) is 4.68 Å². The van der Waals surface area contributed by atoms with Crippen LogP contribution in [-0.4, -0.2) is 22.4 Å². The van der Waals surface area contributed by atoms with E-state index >= 15 is 0 Å². The van der Waals surface area contributed by atoms with Crippen molar-refractivity contribution < 1.29 is 9.53 Å². The maximum atomic E-state index is 11.9. The van der Waals surface area contributed by atoms with E-state index in [0.29, 0.717) is 12.3 Å². The lowest BCUT2D eigenvalue weighted by Gasteiger charge is -2.13. The van der Waals surface area contributed by atoms with Crippen LogP contribution in [0.1, 0.15) is 54.4 Å². The van der Waals surface area contributed by atoms with Crippen LogP contribution >= 0.6 is 0 Å². The van der Waals surface area contributed by atoms with Crippen molar-refractivity contribution in [1.29, 1.82) is 0 Å². The van der Waals surface area contributed by atoms with Crippen LogP contribution in [0.5, 0.6) is 0 Å². The first-order valence-corrected chi connectivity index (χ1v) is 6.56. The summed E-state index contributed by atoms with van der Waals surface area (Å²) in [6.07, 6.45) is 5.30. The topological polar surface area (TPSA) is 44.1 Å². The molecule has 18 heavy (non-hydrogen) atoms. The Morgan fingerprint density at radius 1 is 1.39 bits per heavy atom. The van der Waals surface area contributed by atoms with E-state index in [0.717, 1.165) is 42.5 Å². The van der Waals surface area contributed by atoms with Gasteiger partial charge in [-0.05, 0) is 38.2 Å². The summed E-state index contributed by atoms with van der Waals surface area (Å²) in [5.41, 5.74) is 3.59. The summed E-state index contributed by atoms with van der Waals surface area (Å²) in [4.78, 5) is 11.9. The smallest absolute Gasteiger partial charge is 0.359 e. The monoisotopic (exact) mass is 248 g/mol. The van der Waals surface area contributed by atoms with Gasteiger partial charge in [0.05, 0.1) is 12.3 Å². The average Bonchev–Trinajstić information content (AvgIpc) is 2.62. The molecular weight excluding hydrogens is 228 g/mol. The Labute approximate surface area is 108 Å². The van der Waals surface area contributed by atoms with Crippen molar-refractivity contribution in [3.63, 3.8) is 0 Å². The lowest BCUT2D eigenvalue weighted by atomic mass is 9.94. The van der Waals surface area contributed by atoms with E-state index in [2.05, 4.69) is 11.7 Å². The van der Waals surface area contributed by atoms with Crippen LogP contribution in [0, 0.1) is 0 Å². The van der Waals surface area contributed by atoms with Crippen molar-refractivity contribution in [2.45, 2.75) is 39.0 Å². The second-order valence-electron chi connectivity index (χ2n) is 4.68. The maximum Gasteiger partial charge on any atom is 0.359 e. The van der Waals surface area contributed by atoms with Crippen molar-refractivity contribution >= 4 is 11.5 Å². The van der Waals surface area contributed by atoms with Gasteiger partial charge in [-0.3, -0.25) is 4.68 Å². The molecule has 0 spiro atoms. The van der Waals surface area contributed by atoms with Gasteiger partial charge in [0.25, 0.3) is 0 Å². The Morgan fingerprint density at radius 3 is 2.83 bits per heavy atom. The SMILES string of the molecule is C=C1CCCCCc2c(C(=O)OCC)nn(C)c21. The number of nitrogens with zero attached hydrogens (tertiary/aromatic N) is 2. The first-order valence-electron chi connectivity index (χ1n) is 6.56. The van der Waals surface area contributed by atoms with Gasteiger partial charge in [0.1, 0.15) is 0 Å². The largest absolute Gasteiger partial charge is 0.461 e. The number of rotatable bonds is 2. The molecular formula is C14H20N2O2. The van der Waals surface area contributed by atoms with Crippen molar-refractivity contribution in [3.05, 3.63) is 23.5 Å². The zero-order chi connectivity index (χ0) is 13.1. The molecule has 98 valence electrons. The second kappa shape index (κ2) is 5.38. The molecule has 0 bridgehead atoms. The molecule has 0 saturated carbocycles. The molecule has 0 amide bonds. The molecule has 4 heteroatoms. The number of hydrogen-bond acceptors (Lipinski definition) is 3. The summed E-state index contributed by atoms with van der Waals surface area (Å²) in [5, 5.41) is 4.33. The van der Waals surface area contributed by atoms with E-state index < -0.39 is 0 Å². The molecule has 0 fully saturated rings. The first-order chi connectivity index (χ1) is 8.65. The molecule has 0 radical (unpaired) electrons. The molecule has 0 unspecified atom stereocenters. The standard InChI is InChI=1S/C14H20N2O2/c1-4-18-14(17)12-11-9-7-5-6-8-10(2)13(11)16(3)15-12/h2,4-9H2,1,3H3. The molecule has 1 heterocycles. The number of allylic oxidation sites excluding steroid dienone is 1. The predicted molar refractivity (Wildman–Crippen MR) is 70.4 cm³/mol. The fourth-order valence-electron chi connectivity index (χ4n) is 2.55. The van der Waals surface area contributed by atoms with E-state index in [9.17, 15) is 4.79 Å². The molecule has 1 aromatic rings. The van der Waals surface area contributed by atoms with E-state index in [1.165, 1.54) is 6.42 Å². The fraction of sp³-hybridized carbons (Fsp3) is 0.571. The Morgan fingerprint density at radius 2 is 2.11 bits per heavy atom. The molecule has 2 rings (SSSR count). The van der Waals surface area contributed by atoms with Crippen LogP contribution in [0.25, 0.3) is 5.57 Å². The minimum Gasteiger partial charge on any atom is -0.461 e. The van der Waals surface area contributed by atoms with Crippen LogP contribution < -0.4 is 0 Å². The highest BCUT2D eigenvalue weighted by Gasteiger charge is 2.24. The van der Waals surface area contributed by atoms with Gasteiger partial charge in [-0.2, -0.15) is 5.10 Å². The average molecular weight is 248 g/mol. The van der Waals surface area contributed by atoms with E-state index in [1.807, 2.05) is 14.0 Å². The van der Waals surface area contributed by atoms with Crippen LogP contribution in [-0.2, 0) is 18.2 Å². The zero-order valence-electron chi connectivity index (χ0n) is 11.2. The maximum absolute atomic E-state index is 11.9. The minimum atomic E-state index is -0.317. The van der Waals surface area contributed by atoms with E-state index in [-0.39, 0.29) is 5.97 Å². The van der Waals surface area contributed by atoms with E-state index in [4.69, 9.17) is 4.74 Å². The predicted octanol–water partition coefficient (Wildman–Crippen LogP) is 2.73. The molecule has 0 aliphatic heterocycles. The van der Waals surface area contributed by atoms with Gasteiger partial charge in [0, 0.05) is 12.6 Å². The van der Waals surface area contributed by atoms with Crippen molar-refractivity contribution in [3.8, 4) is 0 Å². The summed E-state index contributed by atoms with van der Waals surface area (Å²) in [5.74, 6) is -0.317. The highest BCUT2D eigenvalue weighted by molar-refractivity contribution is 5.90. The summed E-state index contributed by atoms with van der Waals surface area (Å²) >= 11 is 0. The summed E-state index contributed by atoms with van der Waals surface area (Å²) in [6.45, 7) is 6.31. The summed E-state index contributed by atoms with van der Waals surface area (Å²) in [6, 6.07) is 0. The number of esters is 1. The van der Waals surface area contributed by atoms with Gasteiger partial charge >= 0.3 is 5.97 Å². The molecule has 0 saturated heterocycles. The van der Waals surface area contributed by atoms with Gasteiger partial charge in [-0.1, -0.05) is 13.0 Å². The van der Waals surface area contributed by atoms with Gasteiger partial charge in [0.2, 0.25) is 0 Å². The third-order valence-corrected chi connectivity index (χ3v) is 3.35. The van der Waals surface area contributed by atoms with Crippen LogP contribution in [0.4, 0.5) is 0 Å². The number of fused-ring (bicyclic) bond motifs is 1. The van der Waals surface area contributed by atoms with Crippen LogP contribution in [0.2, 0.25) is 0 Å². The Bertz CT molecular complexity index is 474. The normalized spacial score (nSPS) is 15.8. The van der Waals surface area contributed by atoms with Gasteiger partial charge in [0.15, 0.2) is 5.69 Å². The first kappa shape index (κ1) is 12.9. The molecule has 1 aliphatic rings. The number of ether oxygens (including phenoxy) is 1. The Balaban J connectivity index is 2.44. The minimum absolute atomic E-state index is 0.317. The molecule has 4 nitrogen and oxygen atoms in total. The van der Waals surface area contributed by atoms with Crippen molar-refractivity contribution in [1.82, 2.24) is 9.78 Å². The number of aryl methyl sites for hydroxylation is 1. The number of aromatic nitrogens is 2. The highest BCUT2D eigenvalue weighted by Crippen LogP contribution is 2.29. The number of carbonyl (C=O) groups excluding carboxylic acids is 1. The third kappa shape index (κ3) is 2.33. The lowest BCUT2D eigenvalue weighted by Crippen LogP contribution is -2.09. The van der Waals surface area contributed by atoms with Gasteiger partial charge in [-0.25, -0.2) is 4.79 Å². The number of hydrogen-bond donors (Lipinski definition) is 0. The summed E-state index contributed by atoms with van der Waals surface area (Å²) < 4.78 is 6.84. The molecule has 1 aliphatic carbocycles. The summed E-state index contributed by atoms with van der Waals surface area (Å²) in [7, 11) is 1.87. The molecule has 1 aromatic heterocycles. The number of carbonyl (C=O) groups is 1. The van der Waals surface area contributed by atoms with Crippen molar-refractivity contribution in [2.75, 3.05) is 6.61 Å². The van der Waals surface area contributed by atoms with Gasteiger partial charge in [-0.15, -0.1) is 0 Å². The quantitative estimate of drug-likeness (QED) is 0.756. The Hall–Kier alpha value is -1.58. The molecule has 0 atom stereocenters.